The van der Waals surface area contributed by atoms with Crippen LogP contribution < -0.4 is 15.2 Å². The van der Waals surface area contributed by atoms with E-state index in [2.05, 4.69) is 0 Å². The molecule has 1 heterocycles. The Labute approximate surface area is 100 Å². The van der Waals surface area contributed by atoms with Gasteiger partial charge in [-0.3, -0.25) is 4.79 Å². The van der Waals surface area contributed by atoms with E-state index in [0.29, 0.717) is 19.8 Å². The van der Waals surface area contributed by atoms with E-state index in [1.807, 2.05) is 18.2 Å². The van der Waals surface area contributed by atoms with Crippen molar-refractivity contribution in [2.75, 3.05) is 26.8 Å². The number of carbonyl (C=O) groups is 1. The molecule has 0 bridgehead atoms. The lowest BCUT2D eigenvalue weighted by Crippen LogP contribution is -2.32. The quantitative estimate of drug-likeness (QED) is 0.823. The summed E-state index contributed by atoms with van der Waals surface area (Å²) in [5.41, 5.74) is 6.30. The largest absolute Gasteiger partial charge is 0.486 e. The normalized spacial score (nSPS) is 13.3. The third kappa shape index (κ3) is 2.68. The SMILES string of the molecule is CN(Cc1ccc2c(c1)OCCO2)C(=O)CN. The number of hydrogen-bond acceptors (Lipinski definition) is 4. The van der Waals surface area contributed by atoms with E-state index in [9.17, 15) is 4.79 Å². The highest BCUT2D eigenvalue weighted by atomic mass is 16.6. The minimum absolute atomic E-state index is 0.0288. The van der Waals surface area contributed by atoms with Gasteiger partial charge in [0.15, 0.2) is 11.5 Å². The number of fused-ring (bicyclic) bond motifs is 1. The second-order valence-electron chi connectivity index (χ2n) is 3.93. The van der Waals surface area contributed by atoms with Crippen molar-refractivity contribution in [2.45, 2.75) is 6.54 Å². The molecule has 1 aromatic carbocycles. The maximum Gasteiger partial charge on any atom is 0.236 e. The maximum absolute atomic E-state index is 11.3. The van der Waals surface area contributed by atoms with Crippen molar-refractivity contribution in [1.29, 1.82) is 0 Å². The van der Waals surface area contributed by atoms with Crippen molar-refractivity contribution in [3.63, 3.8) is 0 Å². The van der Waals surface area contributed by atoms with Gasteiger partial charge in [0.25, 0.3) is 0 Å². The van der Waals surface area contributed by atoms with Gasteiger partial charge in [0.05, 0.1) is 6.54 Å². The highest BCUT2D eigenvalue weighted by Gasteiger charge is 2.13. The van der Waals surface area contributed by atoms with Crippen LogP contribution in [0.25, 0.3) is 0 Å². The van der Waals surface area contributed by atoms with Crippen molar-refractivity contribution in [1.82, 2.24) is 4.90 Å². The topological polar surface area (TPSA) is 64.8 Å². The molecule has 5 nitrogen and oxygen atoms in total. The summed E-state index contributed by atoms with van der Waals surface area (Å²) in [7, 11) is 1.73. The van der Waals surface area contributed by atoms with Crippen LogP contribution >= 0.6 is 0 Å². The van der Waals surface area contributed by atoms with Crippen LogP contribution in [0, 0.1) is 0 Å². The van der Waals surface area contributed by atoms with Gasteiger partial charge in [0.1, 0.15) is 13.2 Å². The Hall–Kier alpha value is -1.75. The minimum atomic E-state index is -0.0834. The van der Waals surface area contributed by atoms with Crippen molar-refractivity contribution in [3.05, 3.63) is 23.8 Å². The first kappa shape index (κ1) is 11.7. The summed E-state index contributed by atoms with van der Waals surface area (Å²) in [6.45, 7) is 1.69. The molecule has 0 atom stereocenters. The number of amides is 1. The fourth-order valence-corrected chi connectivity index (χ4v) is 1.70. The van der Waals surface area contributed by atoms with Crippen LogP contribution in [0.2, 0.25) is 0 Å². The molecule has 0 saturated heterocycles. The van der Waals surface area contributed by atoms with Crippen molar-refractivity contribution in [3.8, 4) is 11.5 Å². The fraction of sp³-hybridized carbons (Fsp3) is 0.417. The van der Waals surface area contributed by atoms with E-state index in [0.717, 1.165) is 17.1 Å². The predicted molar refractivity (Wildman–Crippen MR) is 63.0 cm³/mol. The minimum Gasteiger partial charge on any atom is -0.486 e. The second kappa shape index (κ2) is 5.05. The zero-order chi connectivity index (χ0) is 12.3. The molecule has 0 aliphatic carbocycles. The monoisotopic (exact) mass is 236 g/mol. The Morgan fingerprint density at radius 3 is 2.76 bits per heavy atom. The summed E-state index contributed by atoms with van der Waals surface area (Å²) in [4.78, 5) is 12.9. The lowest BCUT2D eigenvalue weighted by atomic mass is 10.2. The molecule has 1 aromatic rings. The highest BCUT2D eigenvalue weighted by molar-refractivity contribution is 5.77. The van der Waals surface area contributed by atoms with Crippen LogP contribution in [0.15, 0.2) is 18.2 Å². The number of likely N-dealkylation sites (N-methyl/N-ethyl adjacent to an activating group) is 1. The number of benzene rings is 1. The second-order valence-corrected chi connectivity index (χ2v) is 3.93. The molecule has 0 spiro atoms. The van der Waals surface area contributed by atoms with E-state index in [1.165, 1.54) is 0 Å². The summed E-state index contributed by atoms with van der Waals surface area (Å²) in [6.07, 6.45) is 0. The molecule has 1 aliphatic heterocycles. The average molecular weight is 236 g/mol. The Morgan fingerprint density at radius 1 is 1.35 bits per heavy atom. The van der Waals surface area contributed by atoms with Crippen LogP contribution in [-0.2, 0) is 11.3 Å². The first-order valence-corrected chi connectivity index (χ1v) is 5.53. The molecular weight excluding hydrogens is 220 g/mol. The number of hydrogen-bond donors (Lipinski definition) is 1. The smallest absolute Gasteiger partial charge is 0.236 e. The van der Waals surface area contributed by atoms with E-state index in [1.54, 1.807) is 11.9 Å². The summed E-state index contributed by atoms with van der Waals surface area (Å²) in [5.74, 6) is 1.41. The Morgan fingerprint density at radius 2 is 2.06 bits per heavy atom. The predicted octanol–water partition coefficient (Wildman–Crippen LogP) is 0.375. The van der Waals surface area contributed by atoms with E-state index >= 15 is 0 Å². The molecule has 17 heavy (non-hydrogen) atoms. The standard InChI is InChI=1S/C12H16N2O3/c1-14(12(15)7-13)8-9-2-3-10-11(6-9)17-5-4-16-10/h2-3,6H,4-5,7-8,13H2,1H3. The number of ether oxygens (including phenoxy) is 2. The Balaban J connectivity index is 2.09. The third-order valence-electron chi connectivity index (χ3n) is 2.63. The van der Waals surface area contributed by atoms with Crippen LogP contribution in [0.4, 0.5) is 0 Å². The lowest BCUT2D eigenvalue weighted by molar-refractivity contribution is -0.128. The summed E-state index contributed by atoms with van der Waals surface area (Å²) < 4.78 is 10.9. The molecule has 0 radical (unpaired) electrons. The molecule has 0 fully saturated rings. The summed E-state index contributed by atoms with van der Waals surface area (Å²) in [5, 5.41) is 0. The van der Waals surface area contributed by atoms with Gasteiger partial charge < -0.3 is 20.1 Å². The van der Waals surface area contributed by atoms with Crippen LogP contribution in [0.5, 0.6) is 11.5 Å². The first-order valence-electron chi connectivity index (χ1n) is 5.53. The molecule has 1 amide bonds. The van der Waals surface area contributed by atoms with Gasteiger partial charge in [-0.15, -0.1) is 0 Å². The van der Waals surface area contributed by atoms with Gasteiger partial charge in [-0.05, 0) is 17.7 Å². The Kier molecular flexibility index (Phi) is 3.49. The van der Waals surface area contributed by atoms with Crippen molar-refractivity contribution < 1.29 is 14.3 Å². The molecule has 0 saturated carbocycles. The lowest BCUT2D eigenvalue weighted by Gasteiger charge is -2.21. The van der Waals surface area contributed by atoms with Gasteiger partial charge in [0.2, 0.25) is 5.91 Å². The average Bonchev–Trinajstić information content (AvgIpc) is 2.37. The van der Waals surface area contributed by atoms with Gasteiger partial charge in [-0.25, -0.2) is 0 Å². The van der Waals surface area contributed by atoms with Gasteiger partial charge in [0, 0.05) is 13.6 Å². The third-order valence-corrected chi connectivity index (χ3v) is 2.63. The van der Waals surface area contributed by atoms with Gasteiger partial charge in [-0.1, -0.05) is 6.07 Å². The van der Waals surface area contributed by atoms with Crippen molar-refractivity contribution >= 4 is 5.91 Å². The van der Waals surface area contributed by atoms with Gasteiger partial charge >= 0.3 is 0 Å². The molecule has 0 unspecified atom stereocenters. The summed E-state index contributed by atoms with van der Waals surface area (Å²) in [6, 6.07) is 5.69. The van der Waals surface area contributed by atoms with Crippen LogP contribution in [0.1, 0.15) is 5.56 Å². The number of rotatable bonds is 3. The molecular formula is C12H16N2O3. The van der Waals surface area contributed by atoms with Crippen LogP contribution in [-0.4, -0.2) is 37.6 Å². The van der Waals surface area contributed by atoms with Crippen molar-refractivity contribution in [2.24, 2.45) is 5.73 Å². The van der Waals surface area contributed by atoms with E-state index < -0.39 is 0 Å². The molecule has 92 valence electrons. The van der Waals surface area contributed by atoms with E-state index in [4.69, 9.17) is 15.2 Å². The maximum atomic E-state index is 11.3. The molecule has 2 rings (SSSR count). The molecule has 0 aromatic heterocycles. The fourth-order valence-electron chi connectivity index (χ4n) is 1.70. The van der Waals surface area contributed by atoms with Crippen LogP contribution in [0.3, 0.4) is 0 Å². The first-order chi connectivity index (χ1) is 8.20. The zero-order valence-corrected chi connectivity index (χ0v) is 9.81. The van der Waals surface area contributed by atoms with E-state index in [-0.39, 0.29) is 12.5 Å². The van der Waals surface area contributed by atoms with Gasteiger partial charge in [-0.2, -0.15) is 0 Å². The number of nitrogens with two attached hydrogens (primary N) is 1. The molecule has 2 N–H and O–H groups in total. The molecule has 5 heteroatoms. The highest BCUT2D eigenvalue weighted by Crippen LogP contribution is 2.30. The number of carbonyl (C=O) groups excluding carboxylic acids is 1. The zero-order valence-electron chi connectivity index (χ0n) is 9.81. The molecule has 1 aliphatic rings. The Bertz CT molecular complexity index is 420. The number of nitrogens with zero attached hydrogens (tertiary/aromatic N) is 1. The summed E-state index contributed by atoms with van der Waals surface area (Å²) >= 11 is 0.